The lowest BCUT2D eigenvalue weighted by Gasteiger charge is -2.37. The lowest BCUT2D eigenvalue weighted by Crippen LogP contribution is -2.36. The summed E-state index contributed by atoms with van der Waals surface area (Å²) in [4.78, 5) is 24.6. The summed E-state index contributed by atoms with van der Waals surface area (Å²) in [5.41, 5.74) is 10.5. The Morgan fingerprint density at radius 1 is 0.721 bits per heavy atom. The molecule has 0 unspecified atom stereocenters. The summed E-state index contributed by atoms with van der Waals surface area (Å²) < 4.78 is 15.6. The number of fused-ring (bicyclic) bond motifs is 2. The number of hydrogen-bond acceptors (Lipinski definition) is 6. The molecule has 0 N–H and O–H groups in total. The van der Waals surface area contributed by atoms with E-state index < -0.39 is 8.24 Å². The number of Topliss-reactive ketones (excluding diaryl/α,β-unsaturated/α-hetero) is 1. The van der Waals surface area contributed by atoms with Crippen LogP contribution in [0, 0.1) is 35.4 Å². The molecule has 8 nitrogen and oxygen atoms in total. The van der Waals surface area contributed by atoms with Crippen LogP contribution in [0.5, 0.6) is 0 Å². The smallest absolute Gasteiger partial charge is 0.205 e. The Bertz CT molecular complexity index is 2440. The second kappa shape index (κ2) is 19.8. The monoisotopic (exact) mass is 827 g/mol. The van der Waals surface area contributed by atoms with Crippen LogP contribution >= 0.6 is 0 Å². The molecule has 0 atom stereocenters. The van der Waals surface area contributed by atoms with Gasteiger partial charge in [0.05, 0.1) is 31.1 Å². The van der Waals surface area contributed by atoms with Gasteiger partial charge >= 0.3 is 0 Å². The van der Waals surface area contributed by atoms with Crippen molar-refractivity contribution >= 4 is 37.0 Å². The Balaban J connectivity index is 0.000000177. The molecule has 0 aliphatic heterocycles. The van der Waals surface area contributed by atoms with E-state index in [0.717, 1.165) is 117 Å². The molecular weight excluding hydrogens is 771 g/mol. The average molecular weight is 828 g/mol. The molecular formula is C52H57N5O3Si. The van der Waals surface area contributed by atoms with E-state index in [1.165, 1.54) is 11.1 Å². The van der Waals surface area contributed by atoms with Crippen molar-refractivity contribution in [1.82, 2.24) is 0 Å². The predicted molar refractivity (Wildman–Crippen MR) is 249 cm³/mol. The molecule has 61 heavy (non-hydrogen) atoms. The standard InChI is InChI=1S/C24H23N3O.C23H23NO2.C5H11NSi/c1-3-28-21-9-11-24(12-10-21)15-19-8-7-18(14-22(19)23(24)27-16-25)17-5-4-6-20(13-17)26-2;1-3-26-20-9-11-23(12-10-20)15-18-8-7-17(14-21(18)22(23)25)16-5-4-6-19(13-16)24-2;1-5-6-7(2,3)4/h4-8,13-14,21H,3,9-12,15H2,1H3;4-8,13-14,20H,3,9-12,15H2,1H3;1H2,2-4H3. The number of aliphatic imine (C=N–C) groups is 1. The molecule has 9 heteroatoms. The first-order valence-corrected chi connectivity index (χ1v) is 25.1. The second-order valence-electron chi connectivity index (χ2n) is 17.6. The van der Waals surface area contributed by atoms with Crippen molar-refractivity contribution in [3.63, 3.8) is 0 Å². The molecule has 4 aliphatic rings. The number of hydrogen-bond donors (Lipinski definition) is 0. The fourth-order valence-corrected chi connectivity index (χ4v) is 10.1. The molecule has 4 aromatic rings. The Kier molecular flexibility index (Phi) is 14.5. The highest BCUT2D eigenvalue weighted by Gasteiger charge is 2.48. The summed E-state index contributed by atoms with van der Waals surface area (Å²) in [7, 11) is -1.21. The molecule has 0 bridgehead atoms. The van der Waals surface area contributed by atoms with Gasteiger partial charge in [-0.25, -0.2) is 9.69 Å². The van der Waals surface area contributed by atoms with E-state index in [4.69, 9.17) is 22.6 Å². The molecule has 4 aromatic carbocycles. The summed E-state index contributed by atoms with van der Waals surface area (Å²) in [5.74, 6) is 2.86. The largest absolute Gasteiger partial charge is 0.379 e. The number of ketones is 1. The summed E-state index contributed by atoms with van der Waals surface area (Å²) in [6.07, 6.45) is 12.4. The molecule has 0 heterocycles. The number of nitriles is 1. The Morgan fingerprint density at radius 3 is 1.62 bits per heavy atom. The summed E-state index contributed by atoms with van der Waals surface area (Å²) in [5, 5.41) is 9.36. The maximum Gasteiger partial charge on any atom is 0.205 e. The van der Waals surface area contributed by atoms with Crippen LogP contribution in [-0.4, -0.2) is 51.0 Å². The quantitative estimate of drug-likeness (QED) is 0.0803. The zero-order valence-electron chi connectivity index (χ0n) is 36.4. The molecule has 0 radical (unpaired) electrons. The number of ether oxygens (including phenoxy) is 2. The maximum atomic E-state index is 13.3. The van der Waals surface area contributed by atoms with Gasteiger partial charge in [0.1, 0.15) is 0 Å². The van der Waals surface area contributed by atoms with E-state index in [1.54, 1.807) is 6.07 Å². The van der Waals surface area contributed by atoms with Crippen LogP contribution in [0.4, 0.5) is 11.4 Å². The van der Waals surface area contributed by atoms with Gasteiger partial charge in [-0.1, -0.05) is 60.7 Å². The van der Waals surface area contributed by atoms with Gasteiger partial charge in [-0.05, 0) is 168 Å². The molecule has 0 amide bonds. The predicted octanol–water partition coefficient (Wildman–Crippen LogP) is 13.0. The van der Waals surface area contributed by atoms with E-state index >= 15 is 0 Å². The zero-order chi connectivity index (χ0) is 43.6. The molecule has 0 aromatic heterocycles. The van der Waals surface area contributed by atoms with Gasteiger partial charge in [-0.3, -0.25) is 9.45 Å². The summed E-state index contributed by atoms with van der Waals surface area (Å²) in [6, 6.07) is 27.9. The second-order valence-corrected chi connectivity index (χ2v) is 22.2. The van der Waals surface area contributed by atoms with Crippen LogP contribution < -0.4 is 0 Å². The Morgan fingerprint density at radius 2 is 1.18 bits per heavy atom. The lowest BCUT2D eigenvalue weighted by atomic mass is 9.70. The molecule has 2 spiro atoms. The molecule has 4 aliphatic carbocycles. The van der Waals surface area contributed by atoms with Crippen LogP contribution in [0.15, 0.2) is 101 Å². The van der Waals surface area contributed by atoms with Crippen LogP contribution in [0.3, 0.4) is 0 Å². The fraction of sp³-hybridized carbons (Fsp3) is 0.404. The van der Waals surface area contributed by atoms with Crippen molar-refractivity contribution in [2.75, 3.05) is 13.2 Å². The fourth-order valence-electron chi connectivity index (χ4n) is 9.60. The van der Waals surface area contributed by atoms with E-state index in [0.29, 0.717) is 29.4 Å². The van der Waals surface area contributed by atoms with Gasteiger partial charge in [-0.15, -0.1) is 0 Å². The third-order valence-electron chi connectivity index (χ3n) is 12.5. The number of carbonyl (C=O) groups excluding carboxylic acids is 1. The van der Waals surface area contributed by atoms with Crippen LogP contribution in [0.25, 0.3) is 31.9 Å². The van der Waals surface area contributed by atoms with E-state index in [2.05, 4.69) is 88.0 Å². The molecule has 2 saturated carbocycles. The van der Waals surface area contributed by atoms with Gasteiger partial charge in [0.15, 0.2) is 25.4 Å². The normalized spacial score (nSPS) is 22.9. The number of rotatable bonds is 7. The Labute approximate surface area is 363 Å². The highest BCUT2D eigenvalue weighted by molar-refractivity contribution is 6.75. The first-order valence-electron chi connectivity index (χ1n) is 21.6. The van der Waals surface area contributed by atoms with Crippen molar-refractivity contribution in [3.8, 4) is 28.4 Å². The third-order valence-corrected chi connectivity index (χ3v) is 13.4. The van der Waals surface area contributed by atoms with Crippen molar-refractivity contribution in [3.05, 3.63) is 137 Å². The van der Waals surface area contributed by atoms with E-state index in [-0.39, 0.29) is 10.8 Å². The van der Waals surface area contributed by atoms with Gasteiger partial charge in [-0.2, -0.15) is 10.3 Å². The highest BCUT2D eigenvalue weighted by atomic mass is 28.3. The van der Waals surface area contributed by atoms with Gasteiger partial charge in [0, 0.05) is 35.2 Å². The van der Waals surface area contributed by atoms with Gasteiger partial charge in [0.25, 0.3) is 0 Å². The summed E-state index contributed by atoms with van der Waals surface area (Å²) >= 11 is 0. The molecule has 8 rings (SSSR count). The number of benzene rings is 4. The van der Waals surface area contributed by atoms with E-state index in [9.17, 15) is 10.1 Å². The van der Waals surface area contributed by atoms with Gasteiger partial charge < -0.3 is 9.47 Å². The lowest BCUT2D eigenvalue weighted by molar-refractivity contribution is 0.00748. The first kappa shape index (κ1) is 44.8. The minimum Gasteiger partial charge on any atom is -0.379 e. The van der Waals surface area contributed by atoms with Gasteiger partial charge in [0.2, 0.25) is 6.19 Å². The topological polar surface area (TPSA) is 92.8 Å². The van der Waals surface area contributed by atoms with Crippen LogP contribution in [0.1, 0.15) is 92.3 Å². The average Bonchev–Trinajstić information content (AvgIpc) is 3.71. The number of nitrogens with zero attached hydrogens (tertiary/aromatic N) is 5. The SMILES string of the molecule is C=C=N[Si](C)(C)C.[C-]#[N+]c1cccc(-c2ccc3c(c2)C(=NC#N)C2(CCC(OCC)CC2)C3)c1.[C-]#[N+]c1cccc(-c2ccc3c(c2)C(=O)C2(CCC(OCC)CC2)C3)c1. The van der Waals surface area contributed by atoms with Crippen molar-refractivity contribution in [1.29, 1.82) is 5.26 Å². The van der Waals surface area contributed by atoms with Crippen molar-refractivity contribution < 1.29 is 14.3 Å². The number of carbonyl (C=O) groups is 1. The van der Waals surface area contributed by atoms with Crippen molar-refractivity contribution in [2.24, 2.45) is 20.5 Å². The Hall–Kier alpha value is -5.72. The summed E-state index contributed by atoms with van der Waals surface area (Å²) in [6.45, 7) is 29.8. The molecule has 2 fully saturated rings. The molecule has 0 saturated heterocycles. The van der Waals surface area contributed by atoms with Crippen molar-refractivity contribution in [2.45, 2.75) is 110 Å². The zero-order valence-corrected chi connectivity index (χ0v) is 37.4. The van der Waals surface area contributed by atoms with Crippen LogP contribution in [-0.2, 0) is 22.3 Å². The van der Waals surface area contributed by atoms with Crippen LogP contribution in [0.2, 0.25) is 19.6 Å². The highest BCUT2D eigenvalue weighted by Crippen LogP contribution is 2.50. The molecule has 312 valence electrons. The maximum absolute atomic E-state index is 13.3. The third kappa shape index (κ3) is 10.4. The minimum atomic E-state index is -1.21. The van der Waals surface area contributed by atoms with E-state index in [1.807, 2.05) is 62.4 Å². The minimum absolute atomic E-state index is 0.0390. The first-order chi connectivity index (χ1) is 29.4.